The lowest BCUT2D eigenvalue weighted by molar-refractivity contribution is 0.292. The number of ether oxygens (including phenoxy) is 2. The van der Waals surface area contributed by atoms with Gasteiger partial charge in [0.05, 0.1) is 7.11 Å². The Labute approximate surface area is 201 Å². The highest BCUT2D eigenvalue weighted by Gasteiger charge is 2.17. The van der Waals surface area contributed by atoms with E-state index in [2.05, 4.69) is 10.2 Å². The van der Waals surface area contributed by atoms with E-state index >= 15 is 0 Å². The van der Waals surface area contributed by atoms with E-state index < -0.39 is 0 Å². The highest BCUT2D eigenvalue weighted by molar-refractivity contribution is 7.98. The largest absolute Gasteiger partial charge is 0.497 e. The van der Waals surface area contributed by atoms with Crippen molar-refractivity contribution in [3.05, 3.63) is 93.7 Å². The van der Waals surface area contributed by atoms with Crippen LogP contribution in [-0.4, -0.2) is 21.9 Å². The zero-order valence-corrected chi connectivity index (χ0v) is 19.9. The van der Waals surface area contributed by atoms with Crippen molar-refractivity contribution >= 4 is 35.0 Å². The first-order valence-electron chi connectivity index (χ1n) is 9.89. The summed E-state index contributed by atoms with van der Waals surface area (Å²) >= 11 is 14.2. The van der Waals surface area contributed by atoms with Crippen LogP contribution in [-0.2, 0) is 12.4 Å². The van der Waals surface area contributed by atoms with Crippen LogP contribution in [0.3, 0.4) is 0 Å². The number of methoxy groups -OCH3 is 1. The molecular weight excluding hydrogens is 465 g/mol. The Hall–Kier alpha value is -2.67. The average molecular weight is 486 g/mol. The summed E-state index contributed by atoms with van der Waals surface area (Å²) < 4.78 is 13.2. The number of nitrogens with zero attached hydrogens (tertiary/aromatic N) is 3. The molecule has 0 aliphatic carbocycles. The summed E-state index contributed by atoms with van der Waals surface area (Å²) in [4.78, 5) is 0. The number of thioether (sulfide) groups is 1. The van der Waals surface area contributed by atoms with E-state index in [4.69, 9.17) is 32.7 Å². The molecule has 0 spiro atoms. The van der Waals surface area contributed by atoms with Crippen molar-refractivity contribution in [1.29, 1.82) is 0 Å². The Morgan fingerprint density at radius 1 is 0.875 bits per heavy atom. The van der Waals surface area contributed by atoms with Gasteiger partial charge in [0.1, 0.15) is 18.1 Å². The Bertz CT molecular complexity index is 1170. The summed E-state index contributed by atoms with van der Waals surface area (Å²) in [5, 5.41) is 10.8. The van der Waals surface area contributed by atoms with Crippen molar-refractivity contribution in [2.75, 3.05) is 7.11 Å². The number of hydrogen-bond donors (Lipinski definition) is 0. The molecular formula is C24H21Cl2N3O2S. The van der Waals surface area contributed by atoms with E-state index in [1.807, 2.05) is 78.2 Å². The molecule has 0 saturated heterocycles. The van der Waals surface area contributed by atoms with Crippen LogP contribution in [0.4, 0.5) is 0 Å². The van der Waals surface area contributed by atoms with Gasteiger partial charge in [-0.1, -0.05) is 58.7 Å². The van der Waals surface area contributed by atoms with Crippen LogP contribution in [0.2, 0.25) is 10.0 Å². The summed E-state index contributed by atoms with van der Waals surface area (Å²) in [6, 6.07) is 21.1. The quantitative estimate of drug-likeness (QED) is 0.258. The van der Waals surface area contributed by atoms with Crippen molar-refractivity contribution in [2.24, 2.45) is 0 Å². The third-order valence-electron chi connectivity index (χ3n) is 4.83. The molecule has 0 saturated carbocycles. The van der Waals surface area contributed by atoms with Crippen LogP contribution in [0, 0.1) is 6.92 Å². The van der Waals surface area contributed by atoms with E-state index in [-0.39, 0.29) is 6.61 Å². The molecule has 0 bridgehead atoms. The number of halogens is 2. The molecule has 3 aromatic carbocycles. The van der Waals surface area contributed by atoms with Gasteiger partial charge in [0.15, 0.2) is 11.0 Å². The van der Waals surface area contributed by atoms with Gasteiger partial charge >= 0.3 is 0 Å². The molecule has 5 nitrogen and oxygen atoms in total. The van der Waals surface area contributed by atoms with Gasteiger partial charge in [-0.25, -0.2) is 0 Å². The average Bonchev–Trinajstić information content (AvgIpc) is 3.21. The van der Waals surface area contributed by atoms with Gasteiger partial charge in [0.2, 0.25) is 0 Å². The third-order valence-corrected chi connectivity index (χ3v) is 6.49. The first-order chi connectivity index (χ1) is 15.5. The zero-order chi connectivity index (χ0) is 22.5. The molecule has 0 aliphatic rings. The van der Waals surface area contributed by atoms with Crippen LogP contribution in [0.25, 0.3) is 5.69 Å². The van der Waals surface area contributed by atoms with Crippen molar-refractivity contribution in [2.45, 2.75) is 24.4 Å². The summed E-state index contributed by atoms with van der Waals surface area (Å²) in [6.45, 7) is 2.31. The lowest BCUT2D eigenvalue weighted by Crippen LogP contribution is -2.07. The molecule has 0 fully saturated rings. The minimum absolute atomic E-state index is 0.273. The number of hydrogen-bond acceptors (Lipinski definition) is 5. The normalized spacial score (nSPS) is 10.9. The van der Waals surface area contributed by atoms with Crippen LogP contribution >= 0.6 is 35.0 Å². The lowest BCUT2D eigenvalue weighted by atomic mass is 10.2. The molecule has 1 heterocycles. The standard InChI is InChI=1S/C24H21Cl2N3O2S/c1-16-6-10-19(11-7-16)31-14-23-27-28-24(29(23)17-8-12-18(30-2)13-9-17)32-15-20-21(25)4-3-5-22(20)26/h3-13H,14-15H2,1-2H3. The van der Waals surface area contributed by atoms with Gasteiger partial charge < -0.3 is 9.47 Å². The minimum Gasteiger partial charge on any atom is -0.497 e. The Morgan fingerprint density at radius 2 is 1.53 bits per heavy atom. The first kappa shape index (κ1) is 22.5. The summed E-state index contributed by atoms with van der Waals surface area (Å²) in [7, 11) is 1.64. The SMILES string of the molecule is COc1ccc(-n2c(COc3ccc(C)cc3)nnc2SCc2c(Cl)cccc2Cl)cc1. The molecule has 0 aliphatic heterocycles. The number of aromatic nitrogens is 3. The van der Waals surface area contributed by atoms with Crippen LogP contribution in [0.15, 0.2) is 71.9 Å². The van der Waals surface area contributed by atoms with Crippen molar-refractivity contribution < 1.29 is 9.47 Å². The highest BCUT2D eigenvalue weighted by atomic mass is 35.5. The van der Waals surface area contributed by atoms with E-state index in [0.29, 0.717) is 26.8 Å². The van der Waals surface area contributed by atoms with Gasteiger partial charge in [-0.2, -0.15) is 0 Å². The Balaban J connectivity index is 1.62. The first-order valence-corrected chi connectivity index (χ1v) is 11.6. The number of benzene rings is 3. The molecule has 0 unspecified atom stereocenters. The molecule has 1 aromatic heterocycles. The summed E-state index contributed by atoms with van der Waals surface area (Å²) in [6.07, 6.45) is 0. The molecule has 0 radical (unpaired) electrons. The molecule has 4 aromatic rings. The maximum absolute atomic E-state index is 6.35. The van der Waals surface area contributed by atoms with E-state index in [9.17, 15) is 0 Å². The number of aryl methyl sites for hydroxylation is 1. The van der Waals surface area contributed by atoms with Gasteiger partial charge in [0.25, 0.3) is 0 Å². The van der Waals surface area contributed by atoms with Crippen LogP contribution in [0.1, 0.15) is 17.0 Å². The number of rotatable bonds is 8. The smallest absolute Gasteiger partial charge is 0.196 e. The fourth-order valence-corrected chi connectivity index (χ4v) is 4.78. The van der Waals surface area contributed by atoms with Crippen LogP contribution < -0.4 is 9.47 Å². The van der Waals surface area contributed by atoms with E-state index in [0.717, 1.165) is 22.7 Å². The van der Waals surface area contributed by atoms with Gasteiger partial charge in [-0.15, -0.1) is 10.2 Å². The maximum Gasteiger partial charge on any atom is 0.196 e. The lowest BCUT2D eigenvalue weighted by Gasteiger charge is -2.12. The van der Waals surface area contributed by atoms with Crippen molar-refractivity contribution in [3.8, 4) is 17.2 Å². The van der Waals surface area contributed by atoms with Gasteiger partial charge in [-0.05, 0) is 61.0 Å². The molecule has 0 amide bonds. The molecule has 32 heavy (non-hydrogen) atoms. The van der Waals surface area contributed by atoms with E-state index in [1.165, 1.54) is 17.3 Å². The second-order valence-corrected chi connectivity index (χ2v) is 8.78. The summed E-state index contributed by atoms with van der Waals surface area (Å²) in [5.74, 6) is 2.79. The molecule has 8 heteroatoms. The third kappa shape index (κ3) is 5.21. The van der Waals surface area contributed by atoms with E-state index in [1.54, 1.807) is 7.11 Å². The Morgan fingerprint density at radius 3 is 2.19 bits per heavy atom. The fraction of sp³-hybridized carbons (Fsp3) is 0.167. The zero-order valence-electron chi connectivity index (χ0n) is 17.6. The predicted octanol–water partition coefficient (Wildman–Crippen LogP) is 6.76. The minimum atomic E-state index is 0.273. The monoisotopic (exact) mass is 485 g/mol. The second-order valence-electron chi connectivity index (χ2n) is 7.02. The van der Waals surface area contributed by atoms with Gasteiger partial charge in [-0.3, -0.25) is 4.57 Å². The van der Waals surface area contributed by atoms with Crippen molar-refractivity contribution in [3.63, 3.8) is 0 Å². The Kier molecular flexibility index (Phi) is 7.25. The molecule has 0 N–H and O–H groups in total. The van der Waals surface area contributed by atoms with Gasteiger partial charge in [0, 0.05) is 21.5 Å². The second kappa shape index (κ2) is 10.3. The molecule has 164 valence electrons. The molecule has 0 atom stereocenters. The highest BCUT2D eigenvalue weighted by Crippen LogP contribution is 2.32. The maximum atomic E-state index is 6.35. The predicted molar refractivity (Wildman–Crippen MR) is 129 cm³/mol. The van der Waals surface area contributed by atoms with Crippen LogP contribution in [0.5, 0.6) is 11.5 Å². The topological polar surface area (TPSA) is 49.2 Å². The molecule has 4 rings (SSSR count). The fourth-order valence-electron chi connectivity index (χ4n) is 3.07. The summed E-state index contributed by atoms with van der Waals surface area (Å²) in [5.41, 5.74) is 2.95. The van der Waals surface area contributed by atoms with Crippen molar-refractivity contribution in [1.82, 2.24) is 14.8 Å².